The average Bonchev–Trinajstić information content (AvgIpc) is 3.04. The fourth-order valence-corrected chi connectivity index (χ4v) is 4.20. The van der Waals surface area contributed by atoms with Gasteiger partial charge in [-0.25, -0.2) is 8.42 Å². The van der Waals surface area contributed by atoms with Gasteiger partial charge in [-0.3, -0.25) is 0 Å². The van der Waals surface area contributed by atoms with Gasteiger partial charge in [-0.15, -0.1) is 0 Å². The largest absolute Gasteiger partial charge is 0.338 e. The topological polar surface area (TPSA) is 85.1 Å². The van der Waals surface area contributed by atoms with Gasteiger partial charge in [0.15, 0.2) is 9.84 Å². The molecule has 0 saturated carbocycles. The number of rotatable bonds is 4. The molecule has 1 saturated heterocycles. The Bertz CT molecular complexity index is 727. The zero-order valence-corrected chi connectivity index (χ0v) is 13.5. The van der Waals surface area contributed by atoms with E-state index in [2.05, 4.69) is 31.4 Å². The van der Waals surface area contributed by atoms with Crippen molar-refractivity contribution >= 4 is 25.8 Å². The van der Waals surface area contributed by atoms with Crippen LogP contribution in [0, 0.1) is 0 Å². The van der Waals surface area contributed by atoms with Gasteiger partial charge in [0.1, 0.15) is 0 Å². The molecule has 6 nitrogen and oxygen atoms in total. The van der Waals surface area contributed by atoms with Crippen molar-refractivity contribution in [3.8, 4) is 11.4 Å². The molecule has 0 bridgehead atoms. The molecule has 112 valence electrons. The lowest BCUT2D eigenvalue weighted by atomic mass is 10.2. The molecule has 1 fully saturated rings. The molecule has 0 aliphatic carbocycles. The first-order chi connectivity index (χ1) is 10.0. The second-order valence-corrected chi connectivity index (χ2v) is 8.14. The van der Waals surface area contributed by atoms with Gasteiger partial charge in [-0.05, 0) is 30.7 Å². The van der Waals surface area contributed by atoms with Crippen molar-refractivity contribution in [3.63, 3.8) is 0 Å². The maximum atomic E-state index is 11.4. The Morgan fingerprint density at radius 2 is 2.10 bits per heavy atom. The van der Waals surface area contributed by atoms with Crippen LogP contribution in [0.3, 0.4) is 0 Å². The smallest absolute Gasteiger partial charge is 0.240 e. The van der Waals surface area contributed by atoms with Gasteiger partial charge in [0.05, 0.1) is 18.1 Å². The van der Waals surface area contributed by atoms with Crippen LogP contribution in [-0.4, -0.2) is 36.1 Å². The quantitative estimate of drug-likeness (QED) is 0.881. The third-order valence-electron chi connectivity index (χ3n) is 3.34. The van der Waals surface area contributed by atoms with Crippen LogP contribution < -0.4 is 5.32 Å². The standard InChI is InChI=1S/C13H14BrN3O3S/c14-10-3-1-9(2-4-10)13-16-12(20-17-13)7-15-11-5-6-21(18,19)8-11/h1-4,11,15H,5-8H2. The van der Waals surface area contributed by atoms with Crippen LogP contribution in [0.5, 0.6) is 0 Å². The molecular formula is C13H14BrN3O3S. The highest BCUT2D eigenvalue weighted by Crippen LogP contribution is 2.19. The molecule has 0 spiro atoms. The number of nitrogens with zero attached hydrogens (tertiary/aromatic N) is 2. The zero-order chi connectivity index (χ0) is 14.9. The Kier molecular flexibility index (Phi) is 4.10. The number of nitrogens with one attached hydrogen (secondary N) is 1. The van der Waals surface area contributed by atoms with Gasteiger partial charge in [-0.2, -0.15) is 4.98 Å². The highest BCUT2D eigenvalue weighted by molar-refractivity contribution is 9.10. The molecule has 1 atom stereocenters. The molecule has 1 unspecified atom stereocenters. The van der Waals surface area contributed by atoms with Crippen molar-refractivity contribution in [2.24, 2.45) is 0 Å². The lowest BCUT2D eigenvalue weighted by Gasteiger charge is -2.07. The van der Waals surface area contributed by atoms with Gasteiger partial charge < -0.3 is 9.84 Å². The van der Waals surface area contributed by atoms with Crippen molar-refractivity contribution in [2.75, 3.05) is 11.5 Å². The summed E-state index contributed by atoms with van der Waals surface area (Å²) < 4.78 is 28.9. The van der Waals surface area contributed by atoms with Gasteiger partial charge >= 0.3 is 0 Å². The summed E-state index contributed by atoms with van der Waals surface area (Å²) in [7, 11) is -2.88. The molecular weight excluding hydrogens is 358 g/mol. The Labute approximate surface area is 131 Å². The number of sulfone groups is 1. The molecule has 2 heterocycles. The number of aromatic nitrogens is 2. The molecule has 1 aromatic carbocycles. The summed E-state index contributed by atoms with van der Waals surface area (Å²) in [6.45, 7) is 0.379. The van der Waals surface area contributed by atoms with E-state index in [4.69, 9.17) is 4.52 Å². The summed E-state index contributed by atoms with van der Waals surface area (Å²) in [5.41, 5.74) is 0.872. The third-order valence-corrected chi connectivity index (χ3v) is 5.64. The van der Waals surface area contributed by atoms with E-state index in [0.29, 0.717) is 24.7 Å². The van der Waals surface area contributed by atoms with Crippen LogP contribution in [0.15, 0.2) is 33.3 Å². The second kappa shape index (κ2) is 5.86. The molecule has 8 heteroatoms. The van der Waals surface area contributed by atoms with E-state index in [1.165, 1.54) is 0 Å². The SMILES string of the molecule is O=S1(=O)CCC(NCc2nc(-c3ccc(Br)cc3)no2)C1. The maximum absolute atomic E-state index is 11.4. The molecule has 3 rings (SSSR count). The predicted octanol–water partition coefficient (Wildman–Crippen LogP) is 1.78. The molecule has 2 aromatic rings. The molecule has 1 aliphatic heterocycles. The van der Waals surface area contributed by atoms with Crippen LogP contribution in [-0.2, 0) is 16.4 Å². The Morgan fingerprint density at radius 1 is 1.33 bits per heavy atom. The van der Waals surface area contributed by atoms with Crippen LogP contribution in [0.2, 0.25) is 0 Å². The van der Waals surface area contributed by atoms with Crippen molar-refractivity contribution in [1.82, 2.24) is 15.5 Å². The van der Waals surface area contributed by atoms with E-state index < -0.39 is 9.84 Å². The van der Waals surface area contributed by atoms with Crippen LogP contribution >= 0.6 is 15.9 Å². The Balaban J connectivity index is 1.62. The summed E-state index contributed by atoms with van der Waals surface area (Å²) in [5, 5.41) is 7.07. The molecule has 0 radical (unpaired) electrons. The van der Waals surface area contributed by atoms with E-state index in [-0.39, 0.29) is 17.5 Å². The van der Waals surface area contributed by atoms with E-state index >= 15 is 0 Å². The van der Waals surface area contributed by atoms with E-state index in [1.54, 1.807) is 0 Å². The van der Waals surface area contributed by atoms with E-state index in [9.17, 15) is 8.42 Å². The van der Waals surface area contributed by atoms with Crippen molar-refractivity contribution in [2.45, 2.75) is 19.0 Å². The van der Waals surface area contributed by atoms with Crippen LogP contribution in [0.25, 0.3) is 11.4 Å². The molecule has 21 heavy (non-hydrogen) atoms. The Morgan fingerprint density at radius 3 is 2.76 bits per heavy atom. The molecule has 1 N–H and O–H groups in total. The molecule has 1 aliphatic rings. The monoisotopic (exact) mass is 371 g/mol. The van der Waals surface area contributed by atoms with Gasteiger partial charge in [0.25, 0.3) is 0 Å². The first kappa shape index (κ1) is 14.7. The van der Waals surface area contributed by atoms with Crippen molar-refractivity contribution in [3.05, 3.63) is 34.6 Å². The fraction of sp³-hybridized carbons (Fsp3) is 0.385. The number of hydrogen-bond donors (Lipinski definition) is 1. The molecule has 0 amide bonds. The summed E-state index contributed by atoms with van der Waals surface area (Å²) in [5.74, 6) is 1.41. The number of hydrogen-bond acceptors (Lipinski definition) is 6. The molecule has 1 aromatic heterocycles. The van der Waals surface area contributed by atoms with Crippen molar-refractivity contribution < 1.29 is 12.9 Å². The highest BCUT2D eigenvalue weighted by atomic mass is 79.9. The average molecular weight is 372 g/mol. The highest BCUT2D eigenvalue weighted by Gasteiger charge is 2.27. The van der Waals surface area contributed by atoms with Crippen LogP contribution in [0.4, 0.5) is 0 Å². The minimum absolute atomic E-state index is 0.0296. The minimum Gasteiger partial charge on any atom is -0.338 e. The predicted molar refractivity (Wildman–Crippen MR) is 81.3 cm³/mol. The zero-order valence-electron chi connectivity index (χ0n) is 11.1. The van der Waals surface area contributed by atoms with Gasteiger partial charge in [-0.1, -0.05) is 21.1 Å². The van der Waals surface area contributed by atoms with Crippen molar-refractivity contribution in [1.29, 1.82) is 0 Å². The summed E-state index contributed by atoms with van der Waals surface area (Å²) in [4.78, 5) is 4.30. The summed E-state index contributed by atoms with van der Waals surface area (Å²) in [6.07, 6.45) is 0.635. The summed E-state index contributed by atoms with van der Waals surface area (Å²) >= 11 is 3.37. The minimum atomic E-state index is -2.88. The first-order valence-corrected chi connectivity index (χ1v) is 9.16. The van der Waals surface area contributed by atoms with Gasteiger partial charge in [0.2, 0.25) is 11.7 Å². The van der Waals surface area contributed by atoms with E-state index in [1.807, 2.05) is 24.3 Å². The van der Waals surface area contributed by atoms with Crippen LogP contribution in [0.1, 0.15) is 12.3 Å². The number of benzene rings is 1. The first-order valence-electron chi connectivity index (χ1n) is 6.54. The fourth-order valence-electron chi connectivity index (χ4n) is 2.23. The van der Waals surface area contributed by atoms with E-state index in [0.717, 1.165) is 10.0 Å². The normalized spacial score (nSPS) is 20.7. The summed E-state index contributed by atoms with van der Waals surface area (Å²) in [6, 6.07) is 7.59. The lowest BCUT2D eigenvalue weighted by molar-refractivity contribution is 0.360. The lowest BCUT2D eigenvalue weighted by Crippen LogP contribution is -2.29. The second-order valence-electron chi connectivity index (χ2n) is 5.00. The number of halogens is 1. The third kappa shape index (κ3) is 3.69. The van der Waals surface area contributed by atoms with Gasteiger partial charge in [0, 0.05) is 16.1 Å². The maximum Gasteiger partial charge on any atom is 0.240 e. The Hall–Kier alpha value is -1.25.